The Balaban J connectivity index is 0.000000194. The van der Waals surface area contributed by atoms with E-state index >= 15 is 0 Å². The Labute approximate surface area is 182 Å². The number of benzene rings is 1. The summed E-state index contributed by atoms with van der Waals surface area (Å²) < 4.78 is 7.31. The Hall–Kier alpha value is -3.48. The lowest BCUT2D eigenvalue weighted by molar-refractivity contribution is 0.101. The predicted octanol–water partition coefficient (Wildman–Crippen LogP) is 5.06. The lowest BCUT2D eigenvalue weighted by Crippen LogP contribution is -1.96. The molecule has 0 aliphatic rings. The zero-order valence-electron chi connectivity index (χ0n) is 18.6. The third kappa shape index (κ3) is 5.36. The first-order valence-corrected chi connectivity index (χ1v) is 10.6. The van der Waals surface area contributed by atoms with E-state index in [1.165, 1.54) is 37.1 Å². The van der Waals surface area contributed by atoms with Crippen LogP contribution in [0.3, 0.4) is 0 Å². The van der Waals surface area contributed by atoms with Gasteiger partial charge >= 0.3 is 0 Å². The number of ketones is 1. The standard InChI is InChI=1S/C16H22N2O.C8H7N3O/c1-4-6-7-13-11-17-18-16(13)14-10-12(3)8-9-15(14)19-5-2;1-6(12)7-5-10-11-4-2-3-9-8(7)11/h8-11H,4-7H2,1-3H3,(H,17,18);2-5H,1H3. The van der Waals surface area contributed by atoms with Crippen LogP contribution in [0.15, 0.2) is 49.1 Å². The lowest BCUT2D eigenvalue weighted by atomic mass is 10.0. The quantitative estimate of drug-likeness (QED) is 0.423. The molecule has 0 saturated carbocycles. The second-order valence-corrected chi connectivity index (χ2v) is 7.31. The van der Waals surface area contributed by atoms with Gasteiger partial charge in [0, 0.05) is 18.0 Å². The maximum atomic E-state index is 11.0. The van der Waals surface area contributed by atoms with Crippen molar-refractivity contribution in [2.45, 2.75) is 47.0 Å². The molecule has 0 aliphatic carbocycles. The number of nitrogens with zero attached hydrogens (tertiary/aromatic N) is 4. The van der Waals surface area contributed by atoms with Gasteiger partial charge in [0.25, 0.3) is 0 Å². The van der Waals surface area contributed by atoms with Crippen LogP contribution in [0.1, 0.15) is 55.1 Å². The monoisotopic (exact) mass is 419 g/mol. The van der Waals surface area contributed by atoms with E-state index < -0.39 is 0 Å². The minimum atomic E-state index is -0.0105. The van der Waals surface area contributed by atoms with E-state index in [0.717, 1.165) is 23.4 Å². The summed E-state index contributed by atoms with van der Waals surface area (Å²) in [5.74, 6) is 0.916. The summed E-state index contributed by atoms with van der Waals surface area (Å²) in [4.78, 5) is 15.1. The van der Waals surface area contributed by atoms with Crippen molar-refractivity contribution in [3.8, 4) is 17.0 Å². The first kappa shape index (κ1) is 22.2. The van der Waals surface area contributed by atoms with Gasteiger partial charge in [-0.15, -0.1) is 0 Å². The van der Waals surface area contributed by atoms with Crippen molar-refractivity contribution in [1.82, 2.24) is 24.8 Å². The molecule has 4 rings (SSSR count). The van der Waals surface area contributed by atoms with Gasteiger partial charge in [0.2, 0.25) is 0 Å². The number of hydrogen-bond donors (Lipinski definition) is 1. The van der Waals surface area contributed by atoms with Gasteiger partial charge in [0.05, 0.1) is 30.3 Å². The molecule has 162 valence electrons. The number of rotatable bonds is 7. The van der Waals surface area contributed by atoms with E-state index in [4.69, 9.17) is 4.74 Å². The molecule has 0 aliphatic heterocycles. The third-order valence-corrected chi connectivity index (χ3v) is 4.88. The van der Waals surface area contributed by atoms with Crippen LogP contribution in [0, 0.1) is 6.92 Å². The van der Waals surface area contributed by atoms with Gasteiger partial charge in [-0.05, 0) is 57.4 Å². The second kappa shape index (κ2) is 10.5. The Morgan fingerprint density at radius 3 is 2.81 bits per heavy atom. The summed E-state index contributed by atoms with van der Waals surface area (Å²) in [6, 6.07) is 8.05. The average molecular weight is 420 g/mol. The summed E-state index contributed by atoms with van der Waals surface area (Å²) in [6.07, 6.45) is 10.3. The molecule has 1 N–H and O–H groups in total. The van der Waals surface area contributed by atoms with Crippen LogP contribution in [0.4, 0.5) is 0 Å². The first-order valence-electron chi connectivity index (χ1n) is 10.6. The van der Waals surface area contributed by atoms with Gasteiger partial charge in [-0.25, -0.2) is 9.50 Å². The van der Waals surface area contributed by atoms with Crippen LogP contribution in [-0.4, -0.2) is 37.2 Å². The van der Waals surface area contributed by atoms with Crippen LogP contribution in [0.2, 0.25) is 0 Å². The Morgan fingerprint density at radius 1 is 1.23 bits per heavy atom. The summed E-state index contributed by atoms with van der Waals surface area (Å²) >= 11 is 0. The average Bonchev–Trinajstić information content (AvgIpc) is 3.41. The topological polar surface area (TPSA) is 85.2 Å². The van der Waals surface area contributed by atoms with Gasteiger partial charge in [-0.1, -0.05) is 25.0 Å². The van der Waals surface area contributed by atoms with Gasteiger partial charge in [0.15, 0.2) is 11.4 Å². The minimum Gasteiger partial charge on any atom is -0.493 e. The van der Waals surface area contributed by atoms with Crippen molar-refractivity contribution >= 4 is 11.4 Å². The van der Waals surface area contributed by atoms with E-state index in [0.29, 0.717) is 17.8 Å². The maximum Gasteiger partial charge on any atom is 0.165 e. The van der Waals surface area contributed by atoms with Crippen molar-refractivity contribution in [3.05, 3.63) is 65.7 Å². The molecular weight excluding hydrogens is 390 g/mol. The largest absolute Gasteiger partial charge is 0.493 e. The highest BCUT2D eigenvalue weighted by atomic mass is 16.5. The van der Waals surface area contributed by atoms with Crippen molar-refractivity contribution < 1.29 is 9.53 Å². The van der Waals surface area contributed by atoms with Crippen LogP contribution in [-0.2, 0) is 6.42 Å². The van der Waals surface area contributed by atoms with E-state index in [-0.39, 0.29) is 5.78 Å². The molecule has 1 aromatic carbocycles. The summed E-state index contributed by atoms with van der Waals surface area (Å²) in [5, 5.41) is 11.3. The fraction of sp³-hybridized carbons (Fsp3) is 0.333. The summed E-state index contributed by atoms with van der Waals surface area (Å²) in [6.45, 7) is 8.49. The van der Waals surface area contributed by atoms with Crippen molar-refractivity contribution in [3.63, 3.8) is 0 Å². The molecule has 0 atom stereocenters. The molecule has 4 aromatic rings. The summed E-state index contributed by atoms with van der Waals surface area (Å²) in [5.41, 5.74) is 5.90. The molecule has 3 heterocycles. The lowest BCUT2D eigenvalue weighted by Gasteiger charge is -2.11. The molecule has 3 aromatic heterocycles. The predicted molar refractivity (Wildman–Crippen MR) is 122 cm³/mol. The SMILES string of the molecule is CC(=O)c1cnn2cccnc12.CCCCc1cn[nH]c1-c1cc(C)ccc1OCC. The van der Waals surface area contributed by atoms with E-state index in [2.05, 4.69) is 46.3 Å². The Morgan fingerprint density at radius 2 is 2.06 bits per heavy atom. The Bertz CT molecular complexity index is 1150. The highest BCUT2D eigenvalue weighted by molar-refractivity contribution is 5.99. The number of nitrogens with one attached hydrogen (secondary N) is 1. The molecule has 0 radical (unpaired) electrons. The van der Waals surface area contributed by atoms with Crippen molar-refractivity contribution in [1.29, 1.82) is 0 Å². The molecular formula is C24H29N5O2. The van der Waals surface area contributed by atoms with Crippen LogP contribution in [0.25, 0.3) is 16.9 Å². The zero-order chi connectivity index (χ0) is 22.2. The van der Waals surface area contributed by atoms with E-state index in [1.54, 1.807) is 23.0 Å². The van der Waals surface area contributed by atoms with Crippen molar-refractivity contribution in [2.75, 3.05) is 6.61 Å². The van der Waals surface area contributed by atoms with Gasteiger partial charge in [-0.3, -0.25) is 9.89 Å². The summed E-state index contributed by atoms with van der Waals surface area (Å²) in [7, 11) is 0. The van der Waals surface area contributed by atoms with Crippen LogP contribution >= 0.6 is 0 Å². The second-order valence-electron chi connectivity index (χ2n) is 7.31. The number of unbranched alkanes of at least 4 members (excludes halogenated alkanes) is 1. The number of hydrogen-bond acceptors (Lipinski definition) is 5. The number of aromatic nitrogens is 5. The molecule has 0 fully saturated rings. The fourth-order valence-electron chi connectivity index (χ4n) is 3.30. The highest BCUT2D eigenvalue weighted by Crippen LogP contribution is 2.32. The molecule has 0 saturated heterocycles. The molecule has 7 heteroatoms. The minimum absolute atomic E-state index is 0.0105. The van der Waals surface area contributed by atoms with Crippen LogP contribution < -0.4 is 4.74 Å². The normalized spacial score (nSPS) is 10.6. The number of carbonyl (C=O) groups excluding carboxylic acids is 1. The fourth-order valence-corrected chi connectivity index (χ4v) is 3.30. The maximum absolute atomic E-state index is 11.0. The zero-order valence-corrected chi connectivity index (χ0v) is 18.6. The molecule has 0 unspecified atom stereocenters. The number of fused-ring (bicyclic) bond motifs is 1. The van der Waals surface area contributed by atoms with E-state index in [1.807, 2.05) is 19.2 Å². The van der Waals surface area contributed by atoms with Gasteiger partial charge in [0.1, 0.15) is 5.75 Å². The number of H-pyrrole nitrogens is 1. The molecule has 0 amide bonds. The Kier molecular flexibility index (Phi) is 7.54. The highest BCUT2D eigenvalue weighted by Gasteiger charge is 2.13. The van der Waals surface area contributed by atoms with Gasteiger partial charge < -0.3 is 4.74 Å². The smallest absolute Gasteiger partial charge is 0.165 e. The van der Waals surface area contributed by atoms with Gasteiger partial charge in [-0.2, -0.15) is 10.2 Å². The van der Waals surface area contributed by atoms with Crippen LogP contribution in [0.5, 0.6) is 5.75 Å². The number of Topliss-reactive ketones (excluding diaryl/α,β-unsaturated/α-hetero) is 1. The third-order valence-electron chi connectivity index (χ3n) is 4.88. The van der Waals surface area contributed by atoms with E-state index in [9.17, 15) is 4.79 Å². The molecule has 0 spiro atoms. The molecule has 7 nitrogen and oxygen atoms in total. The molecule has 0 bridgehead atoms. The molecule has 31 heavy (non-hydrogen) atoms. The number of aryl methyl sites for hydroxylation is 2. The van der Waals surface area contributed by atoms with Crippen molar-refractivity contribution in [2.24, 2.45) is 0 Å². The number of aromatic amines is 1. The number of ether oxygens (including phenoxy) is 1. The number of carbonyl (C=O) groups is 1. The first-order chi connectivity index (χ1) is 15.0.